The van der Waals surface area contributed by atoms with Crippen molar-refractivity contribution < 1.29 is 3.89 Å². The average molecular weight is 367 g/mol. The molecule has 0 atom stereocenters. The molecular formula is C17H16ClFN2S2. The molecule has 0 fully saturated rings. The van der Waals surface area contributed by atoms with Crippen LogP contribution in [0.3, 0.4) is 0 Å². The Morgan fingerprint density at radius 2 is 1.78 bits per heavy atom. The van der Waals surface area contributed by atoms with Gasteiger partial charge in [-0.2, -0.15) is 3.89 Å². The number of anilines is 1. The van der Waals surface area contributed by atoms with E-state index in [9.17, 15) is 3.89 Å². The van der Waals surface area contributed by atoms with Crippen molar-refractivity contribution >= 4 is 52.3 Å². The molecule has 0 aliphatic heterocycles. The number of hydrogen-bond donors (Lipinski definition) is 2. The lowest BCUT2D eigenvalue weighted by molar-refractivity contribution is 0.877. The standard InChI is InChI=1S/C17H16ClFN2S2/c1-10(2)13-7-8-15(17-16(13)14(18)9-20-17)21-23-12-5-3-11(22-19)4-6-12/h3-10,20-21H,1-2H3. The van der Waals surface area contributed by atoms with Crippen molar-refractivity contribution in [1.29, 1.82) is 0 Å². The van der Waals surface area contributed by atoms with E-state index in [-0.39, 0.29) is 12.1 Å². The molecular weight excluding hydrogens is 351 g/mol. The van der Waals surface area contributed by atoms with E-state index >= 15 is 0 Å². The van der Waals surface area contributed by atoms with Gasteiger partial charge in [0.25, 0.3) is 0 Å². The van der Waals surface area contributed by atoms with E-state index in [0.717, 1.165) is 26.5 Å². The van der Waals surface area contributed by atoms with Gasteiger partial charge in [0.2, 0.25) is 0 Å². The molecule has 0 saturated carbocycles. The summed E-state index contributed by atoms with van der Waals surface area (Å²) in [5.41, 5.74) is 3.21. The smallest absolute Gasteiger partial charge is 0.0812 e. The second-order valence-electron chi connectivity index (χ2n) is 5.50. The molecule has 2 N–H and O–H groups in total. The van der Waals surface area contributed by atoms with Crippen molar-refractivity contribution in [2.45, 2.75) is 29.6 Å². The molecule has 3 rings (SSSR count). The van der Waals surface area contributed by atoms with E-state index < -0.39 is 0 Å². The highest BCUT2D eigenvalue weighted by atomic mass is 35.5. The molecule has 1 heterocycles. The number of rotatable bonds is 5. The summed E-state index contributed by atoms with van der Waals surface area (Å²) >= 11 is 8.08. The molecule has 0 spiro atoms. The van der Waals surface area contributed by atoms with Crippen LogP contribution in [0.1, 0.15) is 25.3 Å². The number of halogens is 2. The van der Waals surface area contributed by atoms with E-state index in [0.29, 0.717) is 10.8 Å². The SMILES string of the molecule is CC(C)c1ccc(NSc2ccc(SF)cc2)c2[nH]cc(Cl)c12. The van der Waals surface area contributed by atoms with Gasteiger partial charge in [0.05, 0.1) is 28.4 Å². The quantitative estimate of drug-likeness (QED) is 0.474. The predicted octanol–water partition coefficient (Wildman–Crippen LogP) is 7.04. The Bertz CT molecular complexity index is 815. The van der Waals surface area contributed by atoms with Gasteiger partial charge in [0, 0.05) is 21.4 Å². The van der Waals surface area contributed by atoms with Gasteiger partial charge in [-0.25, -0.2) is 0 Å². The molecule has 0 amide bonds. The van der Waals surface area contributed by atoms with Crippen LogP contribution in [-0.2, 0) is 0 Å². The Labute approximate surface area is 148 Å². The number of fused-ring (bicyclic) bond motifs is 1. The minimum atomic E-state index is 0.252. The van der Waals surface area contributed by atoms with Crippen molar-refractivity contribution in [1.82, 2.24) is 4.98 Å². The molecule has 23 heavy (non-hydrogen) atoms. The molecule has 6 heteroatoms. The number of hydrogen-bond acceptors (Lipinski definition) is 3. The molecule has 0 radical (unpaired) electrons. The summed E-state index contributed by atoms with van der Waals surface area (Å²) < 4.78 is 15.8. The Kier molecular flexibility index (Phi) is 5.09. The van der Waals surface area contributed by atoms with Crippen LogP contribution in [0.15, 0.2) is 52.4 Å². The topological polar surface area (TPSA) is 27.8 Å². The molecule has 0 aliphatic rings. The lowest BCUT2D eigenvalue weighted by atomic mass is 9.99. The number of benzene rings is 2. The third-order valence-electron chi connectivity index (χ3n) is 3.63. The predicted molar refractivity (Wildman–Crippen MR) is 100 cm³/mol. The van der Waals surface area contributed by atoms with E-state index in [1.165, 1.54) is 17.5 Å². The monoisotopic (exact) mass is 366 g/mol. The highest BCUT2D eigenvalue weighted by Crippen LogP contribution is 2.37. The molecule has 0 unspecified atom stereocenters. The summed E-state index contributed by atoms with van der Waals surface area (Å²) in [4.78, 5) is 4.87. The number of H-pyrrole nitrogens is 1. The minimum Gasteiger partial charge on any atom is -0.358 e. The van der Waals surface area contributed by atoms with E-state index in [4.69, 9.17) is 11.6 Å². The Hall–Kier alpha value is -1.30. The van der Waals surface area contributed by atoms with Gasteiger partial charge >= 0.3 is 0 Å². The van der Waals surface area contributed by atoms with Crippen LogP contribution in [0.2, 0.25) is 5.02 Å². The molecule has 3 aromatic rings. The fourth-order valence-corrected chi connectivity index (χ4v) is 3.64. The van der Waals surface area contributed by atoms with Crippen molar-refractivity contribution in [3.63, 3.8) is 0 Å². The van der Waals surface area contributed by atoms with Crippen molar-refractivity contribution in [2.24, 2.45) is 0 Å². The largest absolute Gasteiger partial charge is 0.358 e. The van der Waals surface area contributed by atoms with E-state index in [1.54, 1.807) is 12.1 Å². The zero-order valence-corrected chi connectivity index (χ0v) is 15.1. The summed E-state index contributed by atoms with van der Waals surface area (Å²) in [6, 6.07) is 11.5. The first-order chi connectivity index (χ1) is 11.1. The molecule has 120 valence electrons. The maximum atomic E-state index is 12.5. The normalized spacial score (nSPS) is 11.3. The molecule has 0 saturated heterocycles. The third-order valence-corrected chi connectivity index (χ3v) is 5.21. The Balaban J connectivity index is 1.87. The van der Waals surface area contributed by atoms with Gasteiger partial charge in [-0.05, 0) is 53.8 Å². The van der Waals surface area contributed by atoms with Gasteiger partial charge in [-0.15, -0.1) is 0 Å². The van der Waals surface area contributed by atoms with Crippen LogP contribution in [0.4, 0.5) is 9.57 Å². The average Bonchev–Trinajstić information content (AvgIpc) is 2.95. The van der Waals surface area contributed by atoms with E-state index in [2.05, 4.69) is 35.7 Å². The van der Waals surface area contributed by atoms with Gasteiger partial charge in [-0.1, -0.05) is 31.5 Å². The van der Waals surface area contributed by atoms with Crippen molar-refractivity contribution in [3.05, 3.63) is 53.2 Å². The fourth-order valence-electron chi connectivity index (χ4n) is 2.47. The van der Waals surface area contributed by atoms with Crippen LogP contribution in [-0.4, -0.2) is 4.98 Å². The molecule has 1 aromatic heterocycles. The zero-order chi connectivity index (χ0) is 16.4. The second kappa shape index (κ2) is 7.07. The van der Waals surface area contributed by atoms with Crippen molar-refractivity contribution in [2.75, 3.05) is 4.72 Å². The first-order valence-corrected chi connectivity index (χ1v) is 9.12. The summed E-state index contributed by atoms with van der Waals surface area (Å²) in [6.45, 7) is 4.31. The van der Waals surface area contributed by atoms with Crippen LogP contribution in [0.5, 0.6) is 0 Å². The number of nitrogens with one attached hydrogen (secondary N) is 2. The highest BCUT2D eigenvalue weighted by molar-refractivity contribution is 8.00. The van der Waals surface area contributed by atoms with Crippen LogP contribution >= 0.6 is 35.7 Å². The fraction of sp³-hybridized carbons (Fsp3) is 0.176. The summed E-state index contributed by atoms with van der Waals surface area (Å²) in [5.74, 6) is 0.401. The van der Waals surface area contributed by atoms with Gasteiger partial charge in [0.1, 0.15) is 0 Å². The summed E-state index contributed by atoms with van der Waals surface area (Å²) in [6.07, 6.45) is 1.82. The van der Waals surface area contributed by atoms with Crippen molar-refractivity contribution in [3.8, 4) is 0 Å². The van der Waals surface area contributed by atoms with E-state index in [1.807, 2.05) is 18.3 Å². The third kappa shape index (κ3) is 3.47. The molecule has 2 nitrogen and oxygen atoms in total. The van der Waals surface area contributed by atoms with Crippen LogP contribution in [0, 0.1) is 0 Å². The van der Waals surface area contributed by atoms with Gasteiger partial charge in [-0.3, -0.25) is 0 Å². The second-order valence-corrected chi connectivity index (χ2v) is 7.41. The Morgan fingerprint density at radius 3 is 2.43 bits per heavy atom. The lowest BCUT2D eigenvalue weighted by Gasteiger charge is -2.12. The van der Waals surface area contributed by atoms with Crippen LogP contribution < -0.4 is 4.72 Å². The lowest BCUT2D eigenvalue weighted by Crippen LogP contribution is -1.93. The van der Waals surface area contributed by atoms with Gasteiger partial charge < -0.3 is 9.71 Å². The van der Waals surface area contributed by atoms with Crippen LogP contribution in [0.25, 0.3) is 10.9 Å². The summed E-state index contributed by atoms with van der Waals surface area (Å²) in [5, 5.41) is 1.80. The number of aromatic amines is 1. The molecule has 0 aliphatic carbocycles. The molecule has 2 aromatic carbocycles. The number of aromatic nitrogens is 1. The van der Waals surface area contributed by atoms with Gasteiger partial charge in [0.15, 0.2) is 0 Å². The Morgan fingerprint density at radius 1 is 1.09 bits per heavy atom. The highest BCUT2D eigenvalue weighted by Gasteiger charge is 2.13. The first kappa shape index (κ1) is 16.6. The summed E-state index contributed by atoms with van der Waals surface area (Å²) in [7, 11) is 0. The minimum absolute atomic E-state index is 0.252. The zero-order valence-electron chi connectivity index (χ0n) is 12.7. The maximum Gasteiger partial charge on any atom is 0.0812 e. The first-order valence-electron chi connectivity index (χ1n) is 7.21. The maximum absolute atomic E-state index is 12.5. The molecule has 0 bridgehead atoms.